The van der Waals surface area contributed by atoms with Crippen molar-refractivity contribution < 1.29 is 4.42 Å². The minimum Gasteiger partial charge on any atom is -0.460 e. The molecule has 0 radical (unpaired) electrons. The molecule has 4 heteroatoms. The van der Waals surface area contributed by atoms with Crippen molar-refractivity contribution in [1.29, 1.82) is 0 Å². The number of furan rings is 1. The Morgan fingerprint density at radius 3 is 2.60 bits per heavy atom. The highest BCUT2D eigenvalue weighted by Gasteiger charge is 2.19. The van der Waals surface area contributed by atoms with Crippen LogP contribution in [0.15, 0.2) is 40.8 Å². The zero-order chi connectivity index (χ0) is 14.3. The summed E-state index contributed by atoms with van der Waals surface area (Å²) < 4.78 is 7.38. The van der Waals surface area contributed by atoms with Gasteiger partial charge in [-0.1, -0.05) is 29.8 Å². The van der Waals surface area contributed by atoms with E-state index >= 15 is 0 Å². The maximum atomic E-state index is 6.19. The van der Waals surface area contributed by atoms with Crippen molar-refractivity contribution in [2.45, 2.75) is 13.8 Å². The number of anilines is 1. The lowest BCUT2D eigenvalue weighted by molar-refractivity contribution is 0.545. The molecular formula is C16H17N3O. The third kappa shape index (κ3) is 1.99. The van der Waals surface area contributed by atoms with Gasteiger partial charge in [0.1, 0.15) is 17.3 Å². The monoisotopic (exact) mass is 267 g/mol. The lowest BCUT2D eigenvalue weighted by Crippen LogP contribution is -1.98. The van der Waals surface area contributed by atoms with Gasteiger partial charge in [0.25, 0.3) is 0 Å². The predicted molar refractivity (Wildman–Crippen MR) is 80.2 cm³/mol. The van der Waals surface area contributed by atoms with Gasteiger partial charge in [-0.25, -0.2) is 0 Å². The first-order chi connectivity index (χ1) is 9.56. The number of benzene rings is 1. The normalized spacial score (nSPS) is 10.9. The van der Waals surface area contributed by atoms with Crippen LogP contribution < -0.4 is 5.73 Å². The van der Waals surface area contributed by atoms with Crippen molar-refractivity contribution in [2.24, 2.45) is 7.05 Å². The number of nitrogen functional groups attached to an aromatic ring is 1. The van der Waals surface area contributed by atoms with Gasteiger partial charge < -0.3 is 10.2 Å². The minimum atomic E-state index is 0.639. The largest absolute Gasteiger partial charge is 0.460 e. The minimum absolute atomic E-state index is 0.639. The second-order valence-corrected chi connectivity index (χ2v) is 5.01. The molecule has 2 aromatic heterocycles. The summed E-state index contributed by atoms with van der Waals surface area (Å²) in [6.45, 7) is 3.98. The maximum Gasteiger partial charge on any atom is 0.155 e. The third-order valence-corrected chi connectivity index (χ3v) is 3.37. The molecule has 102 valence electrons. The number of aryl methyl sites for hydroxylation is 3. The smallest absolute Gasteiger partial charge is 0.155 e. The lowest BCUT2D eigenvalue weighted by atomic mass is 10.0. The van der Waals surface area contributed by atoms with Crippen LogP contribution in [0.4, 0.5) is 5.82 Å². The molecule has 0 unspecified atom stereocenters. The Balaban J connectivity index is 2.24. The second kappa shape index (κ2) is 4.56. The van der Waals surface area contributed by atoms with Crippen molar-refractivity contribution in [2.75, 3.05) is 5.73 Å². The van der Waals surface area contributed by atoms with E-state index in [1.54, 1.807) is 4.68 Å². The van der Waals surface area contributed by atoms with E-state index < -0.39 is 0 Å². The molecule has 3 rings (SSSR count). The first-order valence-corrected chi connectivity index (χ1v) is 6.52. The molecule has 0 saturated heterocycles. The number of nitrogens with zero attached hydrogens (tertiary/aromatic N) is 2. The van der Waals surface area contributed by atoms with E-state index in [1.807, 2.05) is 38.2 Å². The Bertz CT molecular complexity index is 768. The highest BCUT2D eigenvalue weighted by molar-refractivity contribution is 5.86. The Morgan fingerprint density at radius 1 is 1.15 bits per heavy atom. The van der Waals surface area contributed by atoms with Crippen LogP contribution in [0, 0.1) is 13.8 Å². The lowest BCUT2D eigenvalue weighted by Gasteiger charge is -2.04. The fourth-order valence-electron chi connectivity index (χ4n) is 2.36. The van der Waals surface area contributed by atoms with Crippen molar-refractivity contribution in [3.63, 3.8) is 0 Å². The highest BCUT2D eigenvalue weighted by Crippen LogP contribution is 2.36. The van der Waals surface area contributed by atoms with Crippen molar-refractivity contribution in [3.05, 3.63) is 47.7 Å². The van der Waals surface area contributed by atoms with Crippen LogP contribution in [-0.4, -0.2) is 9.78 Å². The Kier molecular flexibility index (Phi) is 2.86. The molecule has 0 spiro atoms. The SMILES string of the molecule is Cc1cccc(-c2c(-c3ccc(C)o3)nn(C)c2N)c1. The first kappa shape index (κ1) is 12.5. The molecule has 4 nitrogen and oxygen atoms in total. The van der Waals surface area contributed by atoms with E-state index in [-0.39, 0.29) is 0 Å². The van der Waals surface area contributed by atoms with E-state index in [9.17, 15) is 0 Å². The zero-order valence-electron chi connectivity index (χ0n) is 11.8. The summed E-state index contributed by atoms with van der Waals surface area (Å²) in [5.74, 6) is 2.24. The fraction of sp³-hybridized carbons (Fsp3) is 0.188. The Morgan fingerprint density at radius 2 is 1.95 bits per heavy atom. The quantitative estimate of drug-likeness (QED) is 0.772. The molecule has 3 aromatic rings. The van der Waals surface area contributed by atoms with E-state index in [0.717, 1.165) is 28.3 Å². The molecule has 0 saturated carbocycles. The summed E-state index contributed by atoms with van der Waals surface area (Å²) >= 11 is 0. The summed E-state index contributed by atoms with van der Waals surface area (Å²) in [6.07, 6.45) is 0. The molecule has 0 amide bonds. The summed E-state index contributed by atoms with van der Waals surface area (Å²) in [4.78, 5) is 0. The van der Waals surface area contributed by atoms with Crippen LogP contribution in [0.2, 0.25) is 0 Å². The standard InChI is InChI=1S/C16H17N3O/c1-10-5-4-6-12(9-10)14-15(18-19(3)16(14)17)13-8-7-11(2)20-13/h4-9H,17H2,1-3H3. The van der Waals surface area contributed by atoms with Crippen LogP contribution >= 0.6 is 0 Å². The van der Waals surface area contributed by atoms with Gasteiger partial charge in [0.2, 0.25) is 0 Å². The summed E-state index contributed by atoms with van der Waals surface area (Å²) in [6, 6.07) is 12.1. The van der Waals surface area contributed by atoms with E-state index in [4.69, 9.17) is 10.2 Å². The number of rotatable bonds is 2. The number of hydrogen-bond acceptors (Lipinski definition) is 3. The van der Waals surface area contributed by atoms with Crippen molar-refractivity contribution in [1.82, 2.24) is 9.78 Å². The van der Waals surface area contributed by atoms with Crippen molar-refractivity contribution >= 4 is 5.82 Å². The molecule has 0 fully saturated rings. The fourth-order valence-corrected chi connectivity index (χ4v) is 2.36. The Labute approximate surface area is 117 Å². The first-order valence-electron chi connectivity index (χ1n) is 6.52. The average Bonchev–Trinajstić information content (AvgIpc) is 2.95. The van der Waals surface area contributed by atoms with Crippen LogP contribution in [0.3, 0.4) is 0 Å². The maximum absolute atomic E-state index is 6.19. The Hall–Kier alpha value is -2.49. The van der Waals surface area contributed by atoms with E-state index in [2.05, 4.69) is 24.2 Å². The highest BCUT2D eigenvalue weighted by atomic mass is 16.3. The second-order valence-electron chi connectivity index (χ2n) is 5.01. The summed E-state index contributed by atoms with van der Waals surface area (Å²) in [5, 5.41) is 4.50. The van der Waals surface area contributed by atoms with Crippen LogP contribution in [0.1, 0.15) is 11.3 Å². The van der Waals surface area contributed by atoms with Gasteiger partial charge in [-0.3, -0.25) is 4.68 Å². The van der Waals surface area contributed by atoms with Gasteiger partial charge >= 0.3 is 0 Å². The number of nitrogens with two attached hydrogens (primary N) is 1. The molecule has 0 atom stereocenters. The zero-order valence-corrected chi connectivity index (χ0v) is 11.8. The molecular weight excluding hydrogens is 250 g/mol. The molecule has 2 heterocycles. The molecule has 0 aliphatic rings. The summed E-state index contributed by atoms with van der Waals surface area (Å²) in [5.41, 5.74) is 10.1. The van der Waals surface area contributed by atoms with Gasteiger partial charge in [-0.15, -0.1) is 0 Å². The van der Waals surface area contributed by atoms with Crippen molar-refractivity contribution in [3.8, 4) is 22.6 Å². The third-order valence-electron chi connectivity index (χ3n) is 3.37. The molecule has 0 aliphatic heterocycles. The van der Waals surface area contributed by atoms with E-state index in [0.29, 0.717) is 5.82 Å². The summed E-state index contributed by atoms with van der Waals surface area (Å²) in [7, 11) is 1.84. The van der Waals surface area contributed by atoms with Gasteiger partial charge in [0.05, 0.1) is 5.56 Å². The van der Waals surface area contributed by atoms with E-state index in [1.165, 1.54) is 5.56 Å². The predicted octanol–water partition coefficient (Wildman–Crippen LogP) is 3.55. The molecule has 0 bridgehead atoms. The van der Waals surface area contributed by atoms with Crippen LogP contribution in [0.25, 0.3) is 22.6 Å². The van der Waals surface area contributed by atoms with Crippen LogP contribution in [0.5, 0.6) is 0 Å². The van der Waals surface area contributed by atoms with Gasteiger partial charge in [-0.05, 0) is 31.5 Å². The number of aromatic nitrogens is 2. The molecule has 2 N–H and O–H groups in total. The molecule has 20 heavy (non-hydrogen) atoms. The van der Waals surface area contributed by atoms with Gasteiger partial charge in [0, 0.05) is 7.05 Å². The van der Waals surface area contributed by atoms with Gasteiger partial charge in [-0.2, -0.15) is 5.10 Å². The average molecular weight is 267 g/mol. The number of hydrogen-bond donors (Lipinski definition) is 1. The molecule has 0 aliphatic carbocycles. The molecule has 1 aromatic carbocycles. The van der Waals surface area contributed by atoms with Crippen LogP contribution in [-0.2, 0) is 7.05 Å². The topological polar surface area (TPSA) is 57.0 Å². The van der Waals surface area contributed by atoms with Gasteiger partial charge in [0.15, 0.2) is 5.76 Å².